The van der Waals surface area contributed by atoms with Crippen LogP contribution in [0.1, 0.15) is 42.4 Å². The summed E-state index contributed by atoms with van der Waals surface area (Å²) in [5, 5.41) is 11.8. The first-order chi connectivity index (χ1) is 13.5. The molecular weight excluding hydrogens is 352 g/mol. The summed E-state index contributed by atoms with van der Waals surface area (Å²) in [5.74, 6) is 2.08. The lowest BCUT2D eigenvalue weighted by Crippen LogP contribution is -2.52. The fourth-order valence-electron chi connectivity index (χ4n) is 3.12. The number of amides is 2. The van der Waals surface area contributed by atoms with Gasteiger partial charge in [-0.2, -0.15) is 5.26 Å². The first-order valence-corrected chi connectivity index (χ1v) is 9.58. The van der Waals surface area contributed by atoms with Crippen molar-refractivity contribution < 1.29 is 4.79 Å². The Kier molecular flexibility index (Phi) is 6.09. The minimum atomic E-state index is -0.0641. The highest BCUT2D eigenvalue weighted by molar-refractivity contribution is 5.74. The van der Waals surface area contributed by atoms with Gasteiger partial charge < -0.3 is 15.1 Å². The van der Waals surface area contributed by atoms with Gasteiger partial charge in [0, 0.05) is 50.4 Å². The topological polar surface area (TPSA) is 85.1 Å². The van der Waals surface area contributed by atoms with Gasteiger partial charge in [-0.3, -0.25) is 0 Å². The van der Waals surface area contributed by atoms with Crippen LogP contribution in [0.5, 0.6) is 0 Å². The van der Waals surface area contributed by atoms with Crippen molar-refractivity contribution in [1.29, 1.82) is 5.26 Å². The second kappa shape index (κ2) is 8.70. The Morgan fingerprint density at radius 2 is 1.86 bits per heavy atom. The third-order valence-corrected chi connectivity index (χ3v) is 4.79. The van der Waals surface area contributed by atoms with Gasteiger partial charge in [0.1, 0.15) is 11.6 Å². The molecule has 2 amide bonds. The van der Waals surface area contributed by atoms with Crippen LogP contribution >= 0.6 is 0 Å². The van der Waals surface area contributed by atoms with Crippen LogP contribution in [0.2, 0.25) is 0 Å². The largest absolute Gasteiger partial charge is 0.353 e. The first kappa shape index (κ1) is 19.6. The Morgan fingerprint density at radius 1 is 1.18 bits per heavy atom. The van der Waals surface area contributed by atoms with E-state index >= 15 is 0 Å². The molecule has 0 atom stereocenters. The van der Waals surface area contributed by atoms with E-state index in [9.17, 15) is 4.79 Å². The third-order valence-electron chi connectivity index (χ3n) is 4.79. The summed E-state index contributed by atoms with van der Waals surface area (Å²) in [5.41, 5.74) is 2.56. The molecule has 2 heterocycles. The van der Waals surface area contributed by atoms with Crippen molar-refractivity contribution >= 4 is 11.8 Å². The summed E-state index contributed by atoms with van der Waals surface area (Å²) in [6, 6.07) is 11.3. The standard InChI is InChI=1S/C21H26N6O/c1-15(2)20-24-16(3)12-19(25-20)26-8-10-27(11-9-26)21(28)23-14-18-6-4-17(13-22)5-7-18/h4-7,12,15H,8-11,14H2,1-3H3,(H,23,28). The van der Waals surface area contributed by atoms with Crippen molar-refractivity contribution in [2.75, 3.05) is 31.1 Å². The number of carbonyl (C=O) groups excluding carboxylic acids is 1. The van der Waals surface area contributed by atoms with Crippen LogP contribution in [0.4, 0.5) is 10.6 Å². The van der Waals surface area contributed by atoms with E-state index in [-0.39, 0.29) is 11.9 Å². The zero-order valence-electron chi connectivity index (χ0n) is 16.6. The lowest BCUT2D eigenvalue weighted by molar-refractivity contribution is 0.194. The summed E-state index contributed by atoms with van der Waals surface area (Å²) < 4.78 is 0. The van der Waals surface area contributed by atoms with Gasteiger partial charge in [0.15, 0.2) is 0 Å². The Hall–Kier alpha value is -3.14. The molecule has 0 spiro atoms. The van der Waals surface area contributed by atoms with E-state index in [0.717, 1.165) is 36.0 Å². The highest BCUT2D eigenvalue weighted by atomic mass is 16.2. The van der Waals surface area contributed by atoms with Gasteiger partial charge in [-0.25, -0.2) is 14.8 Å². The smallest absolute Gasteiger partial charge is 0.317 e. The Bertz CT molecular complexity index is 863. The average Bonchev–Trinajstić information content (AvgIpc) is 2.72. The molecule has 0 aliphatic carbocycles. The number of aryl methyl sites for hydroxylation is 1. The number of anilines is 1. The zero-order chi connectivity index (χ0) is 20.1. The molecule has 2 aromatic rings. The number of nitrogens with one attached hydrogen (secondary N) is 1. The van der Waals surface area contributed by atoms with Crippen molar-refractivity contribution in [2.45, 2.75) is 33.2 Å². The first-order valence-electron chi connectivity index (χ1n) is 9.58. The maximum absolute atomic E-state index is 12.5. The number of carbonyl (C=O) groups is 1. The fourth-order valence-corrected chi connectivity index (χ4v) is 3.12. The molecule has 0 bridgehead atoms. The van der Waals surface area contributed by atoms with Gasteiger partial charge in [0.2, 0.25) is 0 Å². The number of nitrogens with zero attached hydrogens (tertiary/aromatic N) is 5. The number of hydrogen-bond acceptors (Lipinski definition) is 5. The van der Waals surface area contributed by atoms with E-state index in [1.807, 2.05) is 30.0 Å². The zero-order valence-corrected chi connectivity index (χ0v) is 16.6. The minimum absolute atomic E-state index is 0.0641. The Balaban J connectivity index is 1.53. The van der Waals surface area contributed by atoms with Crippen LogP contribution in [0, 0.1) is 18.3 Å². The molecule has 1 saturated heterocycles. The maximum Gasteiger partial charge on any atom is 0.317 e. The Labute approximate surface area is 166 Å². The summed E-state index contributed by atoms with van der Waals surface area (Å²) in [4.78, 5) is 25.7. The van der Waals surface area contributed by atoms with Crippen molar-refractivity contribution in [3.8, 4) is 6.07 Å². The van der Waals surface area contributed by atoms with E-state index in [1.54, 1.807) is 12.1 Å². The number of aromatic nitrogens is 2. The highest BCUT2D eigenvalue weighted by Crippen LogP contribution is 2.18. The van der Waals surface area contributed by atoms with Gasteiger partial charge in [-0.15, -0.1) is 0 Å². The molecule has 1 aliphatic heterocycles. The van der Waals surface area contributed by atoms with E-state index < -0.39 is 0 Å². The molecule has 3 rings (SSSR count). The molecule has 7 heteroatoms. The quantitative estimate of drug-likeness (QED) is 0.884. The van der Waals surface area contributed by atoms with Crippen LogP contribution in [0.25, 0.3) is 0 Å². The van der Waals surface area contributed by atoms with E-state index in [1.165, 1.54) is 0 Å². The molecule has 0 radical (unpaired) electrons. The van der Waals surface area contributed by atoms with E-state index in [2.05, 4.69) is 40.1 Å². The van der Waals surface area contributed by atoms with Crippen LogP contribution in [-0.4, -0.2) is 47.1 Å². The summed E-state index contributed by atoms with van der Waals surface area (Å²) in [6.07, 6.45) is 0. The molecule has 1 fully saturated rings. The van der Waals surface area contributed by atoms with Gasteiger partial charge in [0.25, 0.3) is 0 Å². The molecule has 1 aliphatic rings. The predicted molar refractivity (Wildman–Crippen MR) is 108 cm³/mol. The van der Waals surface area contributed by atoms with Gasteiger partial charge in [-0.1, -0.05) is 26.0 Å². The SMILES string of the molecule is Cc1cc(N2CCN(C(=O)NCc3ccc(C#N)cc3)CC2)nc(C(C)C)n1. The molecule has 1 aromatic carbocycles. The monoisotopic (exact) mass is 378 g/mol. The molecule has 1 aromatic heterocycles. The van der Waals surface area contributed by atoms with Crippen molar-refractivity contribution in [3.63, 3.8) is 0 Å². The van der Waals surface area contributed by atoms with E-state index in [0.29, 0.717) is 25.2 Å². The average molecular weight is 378 g/mol. The number of rotatable bonds is 4. The fraction of sp³-hybridized carbons (Fsp3) is 0.429. The molecule has 146 valence electrons. The highest BCUT2D eigenvalue weighted by Gasteiger charge is 2.22. The lowest BCUT2D eigenvalue weighted by Gasteiger charge is -2.35. The maximum atomic E-state index is 12.5. The molecular formula is C21H26N6O. The van der Waals surface area contributed by atoms with Crippen LogP contribution in [0.3, 0.4) is 0 Å². The molecule has 1 N–H and O–H groups in total. The van der Waals surface area contributed by atoms with Crippen molar-refractivity contribution in [3.05, 3.63) is 53.0 Å². The third kappa shape index (κ3) is 4.77. The minimum Gasteiger partial charge on any atom is -0.353 e. The summed E-state index contributed by atoms with van der Waals surface area (Å²) in [7, 11) is 0. The van der Waals surface area contributed by atoms with Crippen LogP contribution in [-0.2, 0) is 6.54 Å². The number of benzene rings is 1. The van der Waals surface area contributed by atoms with Crippen molar-refractivity contribution in [1.82, 2.24) is 20.2 Å². The van der Waals surface area contributed by atoms with E-state index in [4.69, 9.17) is 5.26 Å². The lowest BCUT2D eigenvalue weighted by atomic mass is 10.1. The van der Waals surface area contributed by atoms with Crippen LogP contribution < -0.4 is 10.2 Å². The van der Waals surface area contributed by atoms with Gasteiger partial charge in [-0.05, 0) is 24.6 Å². The number of nitriles is 1. The number of hydrogen-bond donors (Lipinski definition) is 1. The molecule has 0 saturated carbocycles. The second-order valence-corrected chi connectivity index (χ2v) is 7.32. The summed E-state index contributed by atoms with van der Waals surface area (Å²) >= 11 is 0. The van der Waals surface area contributed by atoms with Crippen LogP contribution in [0.15, 0.2) is 30.3 Å². The molecule has 7 nitrogen and oxygen atoms in total. The summed E-state index contributed by atoms with van der Waals surface area (Å²) in [6.45, 7) is 9.43. The number of urea groups is 1. The molecule has 28 heavy (non-hydrogen) atoms. The van der Waals surface area contributed by atoms with Crippen molar-refractivity contribution in [2.24, 2.45) is 0 Å². The van der Waals surface area contributed by atoms with Gasteiger partial charge in [0.05, 0.1) is 11.6 Å². The Morgan fingerprint density at radius 3 is 2.46 bits per heavy atom. The predicted octanol–water partition coefficient (Wildman–Crippen LogP) is 2.81. The molecule has 0 unspecified atom stereocenters. The normalized spacial score (nSPS) is 14.1. The number of piperazine rings is 1. The van der Waals surface area contributed by atoms with Gasteiger partial charge >= 0.3 is 6.03 Å². The second-order valence-electron chi connectivity index (χ2n) is 7.32.